The summed E-state index contributed by atoms with van der Waals surface area (Å²) in [5, 5.41) is 17.2. The first-order chi connectivity index (χ1) is 6.50. The Hall–Kier alpha value is -1.98. The van der Waals surface area contributed by atoms with Gasteiger partial charge in [-0.3, -0.25) is 15.5 Å². The monoisotopic (exact) mass is 197 g/mol. The molecule has 0 bridgehead atoms. The van der Waals surface area contributed by atoms with E-state index >= 15 is 0 Å². The van der Waals surface area contributed by atoms with Gasteiger partial charge in [0, 0.05) is 12.5 Å². The van der Waals surface area contributed by atoms with Crippen LogP contribution in [0.25, 0.3) is 0 Å². The molecule has 0 aliphatic rings. The number of halogens is 1. The van der Waals surface area contributed by atoms with Crippen molar-refractivity contribution in [2.75, 3.05) is 0 Å². The van der Waals surface area contributed by atoms with Crippen molar-refractivity contribution in [3.63, 3.8) is 0 Å². The zero-order chi connectivity index (χ0) is 10.7. The number of amidine groups is 1. The van der Waals surface area contributed by atoms with Gasteiger partial charge in [0.1, 0.15) is 5.82 Å². The van der Waals surface area contributed by atoms with Gasteiger partial charge >= 0.3 is 0 Å². The molecule has 6 heteroatoms. The summed E-state index contributed by atoms with van der Waals surface area (Å²) < 4.78 is 13.1. The Bertz CT molecular complexity index is 392. The molecule has 0 heterocycles. The molecule has 1 rings (SSSR count). The summed E-state index contributed by atoms with van der Waals surface area (Å²) in [4.78, 5) is 9.58. The fraction of sp³-hybridized carbons (Fsp3) is 0.125. The van der Waals surface area contributed by atoms with Crippen LogP contribution < -0.4 is 5.73 Å². The van der Waals surface area contributed by atoms with Crippen LogP contribution in [0.2, 0.25) is 0 Å². The molecule has 5 nitrogen and oxygen atoms in total. The number of hydrogen-bond donors (Lipinski definition) is 2. The van der Waals surface area contributed by atoms with Crippen LogP contribution in [-0.4, -0.2) is 10.8 Å². The molecule has 0 aliphatic carbocycles. The summed E-state index contributed by atoms with van der Waals surface area (Å²) in [5.41, 5.74) is 4.95. The van der Waals surface area contributed by atoms with Gasteiger partial charge in [0.15, 0.2) is 0 Å². The second kappa shape index (κ2) is 3.82. The van der Waals surface area contributed by atoms with Crippen molar-refractivity contribution in [2.24, 2.45) is 5.73 Å². The lowest BCUT2D eigenvalue weighted by atomic mass is 10.1. The highest BCUT2D eigenvalue weighted by molar-refractivity contribution is 5.79. The molecule has 0 saturated carbocycles. The quantitative estimate of drug-likeness (QED) is 0.330. The van der Waals surface area contributed by atoms with E-state index in [0.29, 0.717) is 0 Å². The van der Waals surface area contributed by atoms with E-state index in [1.54, 1.807) is 0 Å². The summed E-state index contributed by atoms with van der Waals surface area (Å²) in [5.74, 6) is -0.896. The van der Waals surface area contributed by atoms with Gasteiger partial charge in [-0.15, -0.1) is 0 Å². The number of nitrogens with zero attached hydrogens (tertiary/aromatic N) is 1. The van der Waals surface area contributed by atoms with Gasteiger partial charge in [0.05, 0.1) is 16.8 Å². The molecule has 0 spiro atoms. The molecule has 0 aromatic heterocycles. The van der Waals surface area contributed by atoms with E-state index in [2.05, 4.69) is 0 Å². The minimum Gasteiger partial charge on any atom is -0.387 e. The molecule has 0 unspecified atom stereocenters. The van der Waals surface area contributed by atoms with Crippen LogP contribution in [0.4, 0.5) is 10.1 Å². The lowest BCUT2D eigenvalue weighted by Gasteiger charge is -2.00. The number of non-ortho nitro benzene ring substituents is 1. The van der Waals surface area contributed by atoms with Crippen LogP contribution in [0.15, 0.2) is 18.2 Å². The fourth-order valence-electron chi connectivity index (χ4n) is 0.998. The van der Waals surface area contributed by atoms with Crippen molar-refractivity contribution in [2.45, 2.75) is 6.42 Å². The van der Waals surface area contributed by atoms with E-state index in [4.69, 9.17) is 11.1 Å². The summed E-state index contributed by atoms with van der Waals surface area (Å²) >= 11 is 0. The molecule has 0 atom stereocenters. The van der Waals surface area contributed by atoms with E-state index < -0.39 is 10.7 Å². The van der Waals surface area contributed by atoms with Gasteiger partial charge in [-0.1, -0.05) is 0 Å². The topological polar surface area (TPSA) is 93.0 Å². The van der Waals surface area contributed by atoms with Crippen LogP contribution in [0, 0.1) is 21.3 Å². The third kappa shape index (κ3) is 2.25. The van der Waals surface area contributed by atoms with Crippen LogP contribution in [0.3, 0.4) is 0 Å². The second-order valence-electron chi connectivity index (χ2n) is 2.73. The Morgan fingerprint density at radius 3 is 2.71 bits per heavy atom. The SMILES string of the molecule is N=C(N)Cc1ccc([N+](=O)[O-])cc1F. The number of hydrogen-bond acceptors (Lipinski definition) is 3. The van der Waals surface area contributed by atoms with Crippen molar-refractivity contribution in [3.05, 3.63) is 39.7 Å². The van der Waals surface area contributed by atoms with Crippen molar-refractivity contribution < 1.29 is 9.31 Å². The first kappa shape index (κ1) is 10.1. The first-order valence-electron chi connectivity index (χ1n) is 3.76. The molecular formula is C8H8FN3O2. The Balaban J connectivity index is 3.01. The van der Waals surface area contributed by atoms with E-state index in [-0.39, 0.29) is 23.5 Å². The van der Waals surface area contributed by atoms with Gasteiger partial charge in [0.2, 0.25) is 0 Å². The maximum absolute atomic E-state index is 13.1. The molecule has 0 fully saturated rings. The molecule has 14 heavy (non-hydrogen) atoms. The van der Waals surface area contributed by atoms with Crippen molar-refractivity contribution >= 4 is 11.5 Å². The average molecular weight is 197 g/mol. The number of nitrogens with two attached hydrogens (primary N) is 1. The van der Waals surface area contributed by atoms with Crippen molar-refractivity contribution in [3.8, 4) is 0 Å². The summed E-state index contributed by atoms with van der Waals surface area (Å²) in [6.07, 6.45) is -0.0379. The largest absolute Gasteiger partial charge is 0.387 e. The maximum atomic E-state index is 13.1. The predicted octanol–water partition coefficient (Wildman–Crippen LogP) is 1.21. The number of rotatable bonds is 3. The summed E-state index contributed by atoms with van der Waals surface area (Å²) in [6, 6.07) is 3.26. The van der Waals surface area contributed by atoms with Crippen molar-refractivity contribution in [1.29, 1.82) is 5.41 Å². The van der Waals surface area contributed by atoms with Gasteiger partial charge in [-0.2, -0.15) is 0 Å². The van der Waals surface area contributed by atoms with Gasteiger partial charge in [-0.05, 0) is 11.6 Å². The fourth-order valence-corrected chi connectivity index (χ4v) is 0.998. The van der Waals surface area contributed by atoms with Crippen molar-refractivity contribution in [1.82, 2.24) is 0 Å². The van der Waals surface area contributed by atoms with Gasteiger partial charge in [0.25, 0.3) is 5.69 Å². The molecular weight excluding hydrogens is 189 g/mol. The highest BCUT2D eigenvalue weighted by Gasteiger charge is 2.10. The number of benzene rings is 1. The van der Waals surface area contributed by atoms with Gasteiger partial charge in [-0.25, -0.2) is 4.39 Å². The molecule has 0 amide bonds. The highest BCUT2D eigenvalue weighted by atomic mass is 19.1. The summed E-state index contributed by atoms with van der Waals surface area (Å²) in [6.45, 7) is 0. The van der Waals surface area contributed by atoms with E-state index in [1.807, 2.05) is 0 Å². The highest BCUT2D eigenvalue weighted by Crippen LogP contribution is 2.16. The third-order valence-electron chi connectivity index (χ3n) is 1.63. The normalized spacial score (nSPS) is 9.79. The van der Waals surface area contributed by atoms with Crippen LogP contribution in [0.5, 0.6) is 0 Å². The van der Waals surface area contributed by atoms with E-state index in [9.17, 15) is 14.5 Å². The summed E-state index contributed by atoms with van der Waals surface area (Å²) in [7, 11) is 0. The van der Waals surface area contributed by atoms with Gasteiger partial charge < -0.3 is 5.73 Å². The van der Waals surface area contributed by atoms with Crippen LogP contribution in [0.1, 0.15) is 5.56 Å². The Morgan fingerprint density at radius 1 is 1.64 bits per heavy atom. The Labute approximate surface area is 79.0 Å². The maximum Gasteiger partial charge on any atom is 0.272 e. The molecule has 0 radical (unpaired) electrons. The second-order valence-corrected chi connectivity index (χ2v) is 2.73. The third-order valence-corrected chi connectivity index (χ3v) is 1.63. The molecule has 1 aromatic carbocycles. The number of nitro benzene ring substituents is 1. The number of nitro groups is 1. The number of nitrogens with one attached hydrogen (secondary N) is 1. The minimum absolute atomic E-state index is 0.0379. The Morgan fingerprint density at radius 2 is 2.29 bits per heavy atom. The van der Waals surface area contributed by atoms with E-state index in [0.717, 1.165) is 6.07 Å². The molecule has 1 aromatic rings. The molecule has 74 valence electrons. The minimum atomic E-state index is -0.714. The average Bonchev–Trinajstić information content (AvgIpc) is 2.07. The van der Waals surface area contributed by atoms with E-state index in [1.165, 1.54) is 12.1 Å². The Kier molecular flexibility index (Phi) is 2.76. The molecule has 0 aliphatic heterocycles. The lowest BCUT2D eigenvalue weighted by molar-refractivity contribution is -0.385. The smallest absolute Gasteiger partial charge is 0.272 e. The zero-order valence-electron chi connectivity index (χ0n) is 7.16. The molecule has 0 saturated heterocycles. The standard InChI is InChI=1S/C8H8FN3O2/c9-7-4-6(12(13)14)2-1-5(7)3-8(10)11/h1-2,4H,3H2,(H3,10,11). The van der Waals surface area contributed by atoms with Crippen LogP contribution >= 0.6 is 0 Å². The lowest BCUT2D eigenvalue weighted by Crippen LogP contribution is -2.13. The predicted molar refractivity (Wildman–Crippen MR) is 48.7 cm³/mol. The first-order valence-corrected chi connectivity index (χ1v) is 3.76. The molecule has 3 N–H and O–H groups in total. The van der Waals surface area contributed by atoms with Crippen LogP contribution in [-0.2, 0) is 6.42 Å². The zero-order valence-corrected chi connectivity index (χ0v) is 7.16.